The van der Waals surface area contributed by atoms with Crippen molar-refractivity contribution in [3.63, 3.8) is 0 Å². The van der Waals surface area contributed by atoms with E-state index in [1.807, 2.05) is 0 Å². The number of rotatable bonds is 6. The van der Waals surface area contributed by atoms with E-state index in [9.17, 15) is 14.4 Å². The minimum Gasteiger partial charge on any atom is -0.478 e. The van der Waals surface area contributed by atoms with Gasteiger partial charge >= 0.3 is 17.9 Å². The Balaban J connectivity index is -0.0000000995. The molecule has 0 aliphatic heterocycles. The van der Waals surface area contributed by atoms with Crippen LogP contribution in [0.5, 0.6) is 0 Å². The third-order valence-electron chi connectivity index (χ3n) is 1.30. The summed E-state index contributed by atoms with van der Waals surface area (Å²) in [5, 5.41) is 47.4. The van der Waals surface area contributed by atoms with Crippen LogP contribution in [0.1, 0.15) is 0 Å². The maximum Gasteiger partial charge on any atom is 0.327 e. The van der Waals surface area contributed by atoms with Crippen LogP contribution in [-0.4, -0.2) is 68.4 Å². The van der Waals surface area contributed by atoms with Crippen molar-refractivity contribution >= 4 is 17.9 Å². The van der Waals surface area contributed by atoms with Crippen LogP contribution >= 0.6 is 0 Å². The lowest BCUT2D eigenvalue weighted by atomic mass is 10.2. The molecule has 0 aromatic heterocycles. The second kappa shape index (κ2) is 23.6. The van der Waals surface area contributed by atoms with E-state index >= 15 is 0 Å². The molecule has 0 rings (SSSR count). The Morgan fingerprint density at radius 3 is 0.818 bits per heavy atom. The molecule has 0 aromatic rings. The predicted octanol–water partition coefficient (Wildman–Crippen LogP) is -0.649. The van der Waals surface area contributed by atoms with Crippen LogP contribution in [0, 0.1) is 5.92 Å². The number of aliphatic carboxylic acids is 3. The van der Waals surface area contributed by atoms with Gasteiger partial charge in [-0.15, -0.1) is 0 Å². The van der Waals surface area contributed by atoms with Crippen LogP contribution < -0.4 is 0 Å². The molecule has 0 unspecified atom stereocenters. The Hall–Kier alpha value is -2.49. The summed E-state index contributed by atoms with van der Waals surface area (Å²) in [6.07, 6.45) is 2.50. The van der Waals surface area contributed by atoms with Gasteiger partial charge in [0.15, 0.2) is 0 Å². The van der Waals surface area contributed by atoms with Gasteiger partial charge in [-0.25, -0.2) is 14.4 Å². The first kappa shape index (κ1) is 27.8. The molecule has 0 atom stereocenters. The van der Waals surface area contributed by atoms with Crippen molar-refractivity contribution in [2.24, 2.45) is 5.92 Å². The van der Waals surface area contributed by atoms with Crippen LogP contribution in [0.15, 0.2) is 38.0 Å². The summed E-state index contributed by atoms with van der Waals surface area (Å²) in [6, 6.07) is 0. The van der Waals surface area contributed by atoms with E-state index in [1.54, 1.807) is 0 Å². The molecule has 128 valence electrons. The van der Waals surface area contributed by atoms with E-state index < -0.39 is 17.9 Å². The maximum absolute atomic E-state index is 9.25. The minimum absolute atomic E-state index is 0.146. The Morgan fingerprint density at radius 2 is 0.818 bits per heavy atom. The SMILES string of the molecule is C=CC(=O)O.C=CC(=O)O.C=CC(=O)O.OCC(CO)CO. The smallest absolute Gasteiger partial charge is 0.327 e. The largest absolute Gasteiger partial charge is 0.478 e. The lowest BCUT2D eigenvalue weighted by molar-refractivity contribution is -0.132. The third kappa shape index (κ3) is 52.8. The van der Waals surface area contributed by atoms with Crippen molar-refractivity contribution in [1.82, 2.24) is 0 Å². The molecule has 22 heavy (non-hydrogen) atoms. The zero-order valence-electron chi connectivity index (χ0n) is 12.0. The zero-order valence-corrected chi connectivity index (χ0v) is 12.0. The molecule has 0 heterocycles. The molecule has 0 bridgehead atoms. The summed E-state index contributed by atoms with van der Waals surface area (Å²) in [6.45, 7) is 8.44. The number of carboxylic acid groups (broad SMARTS) is 3. The van der Waals surface area contributed by atoms with Crippen molar-refractivity contribution in [3.8, 4) is 0 Å². The molecule has 9 heteroatoms. The monoisotopic (exact) mass is 322 g/mol. The molecule has 0 saturated heterocycles. The fourth-order valence-corrected chi connectivity index (χ4v) is 0.173. The molecule has 0 spiro atoms. The summed E-state index contributed by atoms with van der Waals surface area (Å²) in [5.41, 5.74) is 0. The molecule has 0 amide bonds. The number of hydrogen-bond donors (Lipinski definition) is 6. The van der Waals surface area contributed by atoms with E-state index in [1.165, 1.54) is 0 Å². The summed E-state index contributed by atoms with van der Waals surface area (Å²) >= 11 is 0. The Bertz CT molecular complexity index is 284. The highest BCUT2D eigenvalue weighted by Crippen LogP contribution is 1.87. The van der Waals surface area contributed by atoms with Crippen molar-refractivity contribution in [2.45, 2.75) is 0 Å². The number of aliphatic hydroxyl groups is 3. The van der Waals surface area contributed by atoms with Crippen molar-refractivity contribution < 1.29 is 45.0 Å². The number of carbonyl (C=O) groups is 3. The van der Waals surface area contributed by atoms with Crippen molar-refractivity contribution in [1.29, 1.82) is 0 Å². The van der Waals surface area contributed by atoms with Gasteiger partial charge in [0.25, 0.3) is 0 Å². The second-order valence-corrected chi connectivity index (χ2v) is 3.04. The minimum atomic E-state index is -0.981. The normalized spacial score (nSPS) is 7.64. The van der Waals surface area contributed by atoms with Gasteiger partial charge in [-0.3, -0.25) is 0 Å². The average Bonchev–Trinajstić information content (AvgIpc) is 2.50. The molecule has 0 aromatic carbocycles. The summed E-state index contributed by atoms with van der Waals surface area (Å²) in [4.78, 5) is 27.8. The number of hydrogen-bond acceptors (Lipinski definition) is 6. The standard InChI is InChI=1S/C4H10O3.3C3H4O2/c5-1-4(2-6)3-7;3*1-2-3(4)5/h4-7H,1-3H2;3*2H,1H2,(H,4,5). The van der Waals surface area contributed by atoms with Gasteiger partial charge in [-0.2, -0.15) is 0 Å². The van der Waals surface area contributed by atoms with E-state index in [-0.39, 0.29) is 25.7 Å². The lowest BCUT2D eigenvalue weighted by Gasteiger charge is -2.02. The number of carboxylic acids is 3. The predicted molar refractivity (Wildman–Crippen MR) is 78.2 cm³/mol. The maximum atomic E-state index is 9.25. The quantitative estimate of drug-likeness (QED) is 0.347. The summed E-state index contributed by atoms with van der Waals surface area (Å²) in [7, 11) is 0. The third-order valence-corrected chi connectivity index (χ3v) is 1.30. The first-order valence-corrected chi connectivity index (χ1v) is 5.55. The van der Waals surface area contributed by atoms with Crippen molar-refractivity contribution in [2.75, 3.05) is 19.8 Å². The molecule has 9 nitrogen and oxygen atoms in total. The molecule has 0 saturated carbocycles. The highest BCUT2D eigenvalue weighted by atomic mass is 16.4. The molecule has 0 aliphatic carbocycles. The average molecular weight is 322 g/mol. The molecule has 0 radical (unpaired) electrons. The van der Waals surface area contributed by atoms with E-state index in [0.717, 1.165) is 18.2 Å². The summed E-state index contributed by atoms with van der Waals surface area (Å²) < 4.78 is 0. The van der Waals surface area contributed by atoms with Crippen LogP contribution in [0.3, 0.4) is 0 Å². The first-order chi connectivity index (χ1) is 10.2. The Morgan fingerprint density at radius 1 is 0.682 bits per heavy atom. The number of aliphatic hydroxyl groups excluding tert-OH is 3. The molecule has 0 aliphatic rings. The van der Waals surface area contributed by atoms with E-state index in [2.05, 4.69) is 19.7 Å². The van der Waals surface area contributed by atoms with Crippen LogP contribution in [0.2, 0.25) is 0 Å². The lowest BCUT2D eigenvalue weighted by Crippen LogP contribution is -2.14. The van der Waals surface area contributed by atoms with Gasteiger partial charge in [0.2, 0.25) is 0 Å². The molecular weight excluding hydrogens is 300 g/mol. The van der Waals surface area contributed by atoms with Crippen LogP contribution in [0.4, 0.5) is 0 Å². The van der Waals surface area contributed by atoms with Gasteiger partial charge in [-0.1, -0.05) is 19.7 Å². The van der Waals surface area contributed by atoms with Gasteiger partial charge in [0, 0.05) is 24.1 Å². The highest BCUT2D eigenvalue weighted by molar-refractivity contribution is 5.79. The fourth-order valence-electron chi connectivity index (χ4n) is 0.173. The van der Waals surface area contributed by atoms with E-state index in [0.29, 0.717) is 0 Å². The Kier molecular flexibility index (Phi) is 29.8. The van der Waals surface area contributed by atoms with Gasteiger partial charge in [0.05, 0.1) is 19.8 Å². The molecule has 0 fully saturated rings. The zero-order chi connectivity index (χ0) is 18.6. The molecular formula is C13H22O9. The van der Waals surface area contributed by atoms with Crippen molar-refractivity contribution in [3.05, 3.63) is 38.0 Å². The fraction of sp³-hybridized carbons (Fsp3) is 0.308. The van der Waals surface area contributed by atoms with Gasteiger partial charge < -0.3 is 30.6 Å². The van der Waals surface area contributed by atoms with Gasteiger partial charge in [-0.05, 0) is 0 Å². The summed E-state index contributed by atoms with van der Waals surface area (Å²) in [5.74, 6) is -3.29. The first-order valence-electron chi connectivity index (χ1n) is 5.55. The topological polar surface area (TPSA) is 173 Å². The Labute approximate surface area is 127 Å². The van der Waals surface area contributed by atoms with Crippen LogP contribution in [-0.2, 0) is 14.4 Å². The second-order valence-electron chi connectivity index (χ2n) is 3.04. The van der Waals surface area contributed by atoms with Gasteiger partial charge in [0.1, 0.15) is 0 Å². The molecule has 6 N–H and O–H groups in total. The van der Waals surface area contributed by atoms with Crippen LogP contribution in [0.25, 0.3) is 0 Å². The van der Waals surface area contributed by atoms with E-state index in [4.69, 9.17) is 30.6 Å². The highest BCUT2D eigenvalue weighted by Gasteiger charge is 2.00.